The normalized spacial score (nSPS) is 31.8. The van der Waals surface area contributed by atoms with Crippen molar-refractivity contribution < 1.29 is 0 Å². The van der Waals surface area contributed by atoms with Gasteiger partial charge in [-0.3, -0.25) is 4.72 Å². The number of rotatable bonds is 4. The molecule has 0 bridgehead atoms. The van der Waals surface area contributed by atoms with Crippen molar-refractivity contribution in [2.24, 2.45) is 5.92 Å². The lowest BCUT2D eigenvalue weighted by Crippen LogP contribution is -2.36. The Kier molecular flexibility index (Phi) is 3.57. The van der Waals surface area contributed by atoms with E-state index in [1.54, 1.807) is 0 Å². The van der Waals surface area contributed by atoms with E-state index in [0.717, 1.165) is 12.0 Å². The fourth-order valence-electron chi connectivity index (χ4n) is 1.28. The summed E-state index contributed by atoms with van der Waals surface area (Å²) in [4.78, 5) is 0. The topological polar surface area (TPSA) is 12.0 Å². The van der Waals surface area contributed by atoms with E-state index in [0.29, 0.717) is 0 Å². The van der Waals surface area contributed by atoms with Crippen molar-refractivity contribution >= 4 is 11.9 Å². The summed E-state index contributed by atoms with van der Waals surface area (Å²) >= 11 is 1.89. The van der Waals surface area contributed by atoms with E-state index in [2.05, 4.69) is 18.6 Å². The van der Waals surface area contributed by atoms with Gasteiger partial charge in [-0.25, -0.2) is 0 Å². The Labute approximate surface area is 68.1 Å². The largest absolute Gasteiger partial charge is 0.261 e. The molecule has 1 nitrogen and oxygen atoms in total. The van der Waals surface area contributed by atoms with Gasteiger partial charge in [0.15, 0.2) is 0 Å². The van der Waals surface area contributed by atoms with Crippen LogP contribution >= 0.6 is 11.9 Å². The molecule has 1 aliphatic rings. The highest BCUT2D eigenvalue weighted by molar-refractivity contribution is 7.97. The quantitative estimate of drug-likeness (QED) is 0.499. The summed E-state index contributed by atoms with van der Waals surface area (Å²) in [6, 6.07) is 0.826. The lowest BCUT2D eigenvalue weighted by molar-refractivity contribution is 0.275. The van der Waals surface area contributed by atoms with E-state index < -0.39 is 0 Å². The molecule has 0 aromatic rings. The fraction of sp³-hybridized carbons (Fsp3) is 1.00. The van der Waals surface area contributed by atoms with Gasteiger partial charge >= 0.3 is 0 Å². The molecule has 0 atom stereocenters. The van der Waals surface area contributed by atoms with Gasteiger partial charge in [0.05, 0.1) is 0 Å². The average Bonchev–Trinajstić information content (AvgIpc) is 1.85. The molecule has 0 saturated heterocycles. The van der Waals surface area contributed by atoms with Crippen molar-refractivity contribution in [3.63, 3.8) is 0 Å². The molecule has 1 aliphatic carbocycles. The molecule has 2 heteroatoms. The van der Waals surface area contributed by atoms with Crippen LogP contribution in [0.2, 0.25) is 0 Å². The highest BCUT2D eigenvalue weighted by atomic mass is 32.2. The first kappa shape index (κ1) is 8.41. The second-order valence-electron chi connectivity index (χ2n) is 3.24. The predicted molar refractivity (Wildman–Crippen MR) is 48.1 cm³/mol. The van der Waals surface area contributed by atoms with Crippen LogP contribution in [0.3, 0.4) is 0 Å². The Morgan fingerprint density at radius 3 is 2.70 bits per heavy atom. The number of hydrogen-bond donors (Lipinski definition) is 1. The van der Waals surface area contributed by atoms with Gasteiger partial charge in [-0.15, -0.1) is 0 Å². The minimum atomic E-state index is 0.826. The van der Waals surface area contributed by atoms with Crippen LogP contribution < -0.4 is 4.72 Å². The van der Waals surface area contributed by atoms with E-state index in [4.69, 9.17) is 0 Å². The van der Waals surface area contributed by atoms with Gasteiger partial charge in [-0.2, -0.15) is 0 Å². The first-order valence-corrected chi connectivity index (χ1v) is 5.18. The van der Waals surface area contributed by atoms with Gasteiger partial charge in [0.2, 0.25) is 0 Å². The second-order valence-corrected chi connectivity index (χ2v) is 4.17. The third-order valence-electron chi connectivity index (χ3n) is 1.93. The zero-order chi connectivity index (χ0) is 7.40. The first-order chi connectivity index (χ1) is 4.83. The maximum absolute atomic E-state index is 3.47. The highest BCUT2D eigenvalue weighted by Gasteiger charge is 2.24. The summed E-state index contributed by atoms with van der Waals surface area (Å²) in [6.45, 7) is 4.54. The molecule has 0 aliphatic heterocycles. The van der Waals surface area contributed by atoms with Crippen LogP contribution in [0.1, 0.15) is 33.1 Å². The van der Waals surface area contributed by atoms with Crippen molar-refractivity contribution in [2.45, 2.75) is 39.2 Å². The average molecular weight is 159 g/mol. The van der Waals surface area contributed by atoms with Crippen molar-refractivity contribution in [2.75, 3.05) is 5.75 Å². The molecular formula is C8H17NS. The third kappa shape index (κ3) is 2.51. The molecule has 0 amide bonds. The summed E-state index contributed by atoms with van der Waals surface area (Å²) in [6.07, 6.45) is 4.05. The Bertz CT molecular complexity index is 89.3. The summed E-state index contributed by atoms with van der Waals surface area (Å²) in [5, 5.41) is 0. The molecule has 1 N–H and O–H groups in total. The zero-order valence-corrected chi connectivity index (χ0v) is 7.71. The number of hydrogen-bond acceptors (Lipinski definition) is 2. The molecular weight excluding hydrogens is 142 g/mol. The van der Waals surface area contributed by atoms with Gasteiger partial charge in [0.25, 0.3) is 0 Å². The van der Waals surface area contributed by atoms with E-state index in [1.165, 1.54) is 25.0 Å². The second kappa shape index (κ2) is 4.24. The van der Waals surface area contributed by atoms with Crippen LogP contribution in [0.5, 0.6) is 0 Å². The first-order valence-electron chi connectivity index (χ1n) is 4.20. The van der Waals surface area contributed by atoms with Gasteiger partial charge in [-0.05, 0) is 25.2 Å². The van der Waals surface area contributed by atoms with Crippen LogP contribution in [0, 0.1) is 5.92 Å². The molecule has 60 valence electrons. The lowest BCUT2D eigenvalue weighted by atomic mass is 9.83. The molecule has 10 heavy (non-hydrogen) atoms. The summed E-state index contributed by atoms with van der Waals surface area (Å²) in [5.74, 6) is 2.23. The van der Waals surface area contributed by atoms with Gasteiger partial charge in [0, 0.05) is 11.8 Å². The van der Waals surface area contributed by atoms with Gasteiger partial charge in [-0.1, -0.05) is 25.8 Å². The van der Waals surface area contributed by atoms with Crippen molar-refractivity contribution in [3.05, 3.63) is 0 Å². The predicted octanol–water partition coefficient (Wildman–Crippen LogP) is 2.43. The summed E-state index contributed by atoms with van der Waals surface area (Å²) < 4.78 is 3.47. The summed E-state index contributed by atoms with van der Waals surface area (Å²) in [7, 11) is 0. The van der Waals surface area contributed by atoms with Crippen molar-refractivity contribution in [1.29, 1.82) is 0 Å². The van der Waals surface area contributed by atoms with E-state index in [-0.39, 0.29) is 0 Å². The molecule has 1 rings (SSSR count). The Hall–Kier alpha value is 0.310. The third-order valence-corrected chi connectivity index (χ3v) is 3.04. The molecule has 0 heterocycles. The number of nitrogens with one attached hydrogen (secondary N) is 1. The smallest absolute Gasteiger partial charge is 0.0177 e. The van der Waals surface area contributed by atoms with E-state index >= 15 is 0 Å². The zero-order valence-electron chi connectivity index (χ0n) is 6.89. The van der Waals surface area contributed by atoms with Gasteiger partial charge < -0.3 is 0 Å². The molecule has 0 unspecified atom stereocenters. The fourth-order valence-corrected chi connectivity index (χ4v) is 2.03. The Morgan fingerprint density at radius 1 is 1.50 bits per heavy atom. The minimum Gasteiger partial charge on any atom is -0.261 e. The minimum absolute atomic E-state index is 0.826. The van der Waals surface area contributed by atoms with E-state index in [9.17, 15) is 0 Å². The molecule has 0 spiro atoms. The van der Waals surface area contributed by atoms with Crippen LogP contribution in [-0.2, 0) is 0 Å². The molecule has 1 saturated carbocycles. The van der Waals surface area contributed by atoms with Crippen molar-refractivity contribution in [3.8, 4) is 0 Å². The van der Waals surface area contributed by atoms with Crippen LogP contribution in [-0.4, -0.2) is 11.8 Å². The Morgan fingerprint density at radius 2 is 2.20 bits per heavy atom. The molecule has 0 aromatic carbocycles. The van der Waals surface area contributed by atoms with Crippen LogP contribution in [0.15, 0.2) is 0 Å². The monoisotopic (exact) mass is 159 g/mol. The highest BCUT2D eigenvalue weighted by Crippen LogP contribution is 2.27. The molecule has 1 fully saturated rings. The van der Waals surface area contributed by atoms with Crippen molar-refractivity contribution in [1.82, 2.24) is 4.72 Å². The maximum atomic E-state index is 3.47. The standard InChI is InChI=1S/C8H17NS/c1-3-4-10-9-8-5-7(2)6-8/h7-9H,3-6H2,1-2H3. The van der Waals surface area contributed by atoms with Crippen LogP contribution in [0.25, 0.3) is 0 Å². The summed E-state index contributed by atoms with van der Waals surface area (Å²) in [5.41, 5.74) is 0. The maximum Gasteiger partial charge on any atom is 0.0177 e. The molecule has 0 aromatic heterocycles. The van der Waals surface area contributed by atoms with Gasteiger partial charge in [0.1, 0.15) is 0 Å². The SMILES string of the molecule is CCCSNC1CC(C)C1. The molecule has 0 radical (unpaired) electrons. The lowest BCUT2D eigenvalue weighted by Gasteiger charge is -2.32. The van der Waals surface area contributed by atoms with Crippen LogP contribution in [0.4, 0.5) is 0 Å². The van der Waals surface area contributed by atoms with E-state index in [1.807, 2.05) is 11.9 Å². The Balaban J connectivity index is 1.86.